The van der Waals surface area contributed by atoms with Gasteiger partial charge in [-0.1, -0.05) is 23.7 Å². The lowest BCUT2D eigenvalue weighted by Gasteiger charge is -2.01. The summed E-state index contributed by atoms with van der Waals surface area (Å²) in [5, 5.41) is 10.8. The summed E-state index contributed by atoms with van der Waals surface area (Å²) in [4.78, 5) is 10.1. The highest BCUT2D eigenvalue weighted by Gasteiger charge is 2.16. The van der Waals surface area contributed by atoms with E-state index in [0.29, 0.717) is 5.56 Å². The molecule has 0 saturated heterocycles. The van der Waals surface area contributed by atoms with Crippen LogP contribution in [0.15, 0.2) is 12.1 Å². The smallest absolute Gasteiger partial charge is 0.258 e. The summed E-state index contributed by atoms with van der Waals surface area (Å²) in [6.45, 7) is 3.41. The van der Waals surface area contributed by atoms with Crippen molar-refractivity contribution in [2.45, 2.75) is 13.8 Å². The molecule has 64 valence electrons. The average molecular weight is 186 g/mol. The zero-order valence-electron chi connectivity index (χ0n) is 6.80. The van der Waals surface area contributed by atoms with Gasteiger partial charge in [0.2, 0.25) is 0 Å². The molecule has 0 saturated carbocycles. The summed E-state index contributed by atoms with van der Waals surface area (Å²) in [7, 11) is 0. The minimum absolute atomic E-state index is 0.0108. The van der Waals surface area contributed by atoms with E-state index in [4.69, 9.17) is 11.6 Å². The van der Waals surface area contributed by atoms with E-state index in [-0.39, 0.29) is 10.7 Å². The third kappa shape index (κ3) is 1.41. The second-order valence-electron chi connectivity index (χ2n) is 2.62. The quantitative estimate of drug-likeness (QED) is 0.499. The van der Waals surface area contributed by atoms with Gasteiger partial charge in [0.05, 0.1) is 4.92 Å². The molecule has 0 aromatic heterocycles. The van der Waals surface area contributed by atoms with Crippen molar-refractivity contribution in [1.82, 2.24) is 0 Å². The molecular weight excluding hydrogens is 178 g/mol. The predicted molar refractivity (Wildman–Crippen MR) is 47.6 cm³/mol. The fourth-order valence-corrected chi connectivity index (χ4v) is 1.27. The molecule has 1 aromatic carbocycles. The molecule has 0 atom stereocenters. The van der Waals surface area contributed by atoms with Crippen molar-refractivity contribution in [3.63, 3.8) is 0 Å². The number of rotatable bonds is 1. The maximum atomic E-state index is 10.5. The molecule has 1 rings (SSSR count). The first kappa shape index (κ1) is 9.00. The van der Waals surface area contributed by atoms with Gasteiger partial charge < -0.3 is 0 Å². The van der Waals surface area contributed by atoms with E-state index >= 15 is 0 Å². The van der Waals surface area contributed by atoms with Gasteiger partial charge in [-0.2, -0.15) is 0 Å². The number of aryl methyl sites for hydroxylation is 2. The molecule has 0 aliphatic carbocycles. The van der Waals surface area contributed by atoms with Gasteiger partial charge in [0, 0.05) is 5.56 Å². The first-order chi connectivity index (χ1) is 5.54. The number of nitro benzene ring substituents is 1. The number of halogens is 1. The van der Waals surface area contributed by atoms with Crippen LogP contribution in [0, 0.1) is 24.0 Å². The van der Waals surface area contributed by atoms with Gasteiger partial charge in [-0.05, 0) is 19.4 Å². The van der Waals surface area contributed by atoms with Crippen LogP contribution < -0.4 is 0 Å². The summed E-state index contributed by atoms with van der Waals surface area (Å²) < 4.78 is 0. The Labute approximate surface area is 75.1 Å². The van der Waals surface area contributed by atoms with Crippen LogP contribution in [0.5, 0.6) is 0 Å². The third-order valence-corrected chi connectivity index (χ3v) is 2.17. The molecule has 1 aromatic rings. The van der Waals surface area contributed by atoms with E-state index in [2.05, 4.69) is 0 Å². The Balaban J connectivity index is 3.43. The molecule has 4 heteroatoms. The first-order valence-electron chi connectivity index (χ1n) is 3.44. The minimum Gasteiger partial charge on any atom is -0.258 e. The van der Waals surface area contributed by atoms with Crippen LogP contribution in [0.3, 0.4) is 0 Å². The van der Waals surface area contributed by atoms with Gasteiger partial charge in [-0.3, -0.25) is 10.1 Å². The molecular formula is C8H8ClNO2. The third-order valence-electron chi connectivity index (χ3n) is 1.69. The Morgan fingerprint density at radius 1 is 1.33 bits per heavy atom. The highest BCUT2D eigenvalue weighted by atomic mass is 35.5. The number of nitrogens with zero attached hydrogens (tertiary/aromatic N) is 1. The number of hydrogen-bond donors (Lipinski definition) is 0. The number of hydrogen-bond acceptors (Lipinski definition) is 2. The van der Waals surface area contributed by atoms with Crippen molar-refractivity contribution in [3.8, 4) is 0 Å². The first-order valence-corrected chi connectivity index (χ1v) is 3.82. The molecule has 0 N–H and O–H groups in total. The van der Waals surface area contributed by atoms with E-state index in [1.807, 2.05) is 0 Å². The summed E-state index contributed by atoms with van der Waals surface area (Å²) >= 11 is 5.75. The van der Waals surface area contributed by atoms with Gasteiger partial charge in [0.25, 0.3) is 5.69 Å². The standard InChI is InChI=1S/C8H8ClNO2/c1-5-3-4-6(2)8(7(5)9)10(11)12/h3-4H,1-2H3. The summed E-state index contributed by atoms with van der Waals surface area (Å²) in [6, 6.07) is 3.46. The molecule has 0 radical (unpaired) electrons. The average Bonchev–Trinajstić information content (AvgIpc) is 1.97. The summed E-state index contributed by atoms with van der Waals surface area (Å²) in [6.07, 6.45) is 0. The van der Waals surface area contributed by atoms with Gasteiger partial charge >= 0.3 is 0 Å². The second kappa shape index (κ2) is 3.11. The van der Waals surface area contributed by atoms with Crippen LogP contribution in [0.1, 0.15) is 11.1 Å². The Hall–Kier alpha value is -1.09. The van der Waals surface area contributed by atoms with Crippen LogP contribution in [-0.2, 0) is 0 Å². The van der Waals surface area contributed by atoms with E-state index in [1.54, 1.807) is 26.0 Å². The van der Waals surface area contributed by atoms with E-state index in [9.17, 15) is 10.1 Å². The molecule has 0 heterocycles. The molecule has 0 amide bonds. The molecule has 0 aliphatic rings. The van der Waals surface area contributed by atoms with Crippen molar-refractivity contribution in [1.29, 1.82) is 0 Å². The number of benzene rings is 1. The van der Waals surface area contributed by atoms with Gasteiger partial charge in [-0.15, -0.1) is 0 Å². The van der Waals surface area contributed by atoms with Crippen molar-refractivity contribution < 1.29 is 4.92 Å². The van der Waals surface area contributed by atoms with Gasteiger partial charge in [0.1, 0.15) is 5.02 Å². The Morgan fingerprint density at radius 2 is 1.83 bits per heavy atom. The van der Waals surface area contributed by atoms with Crippen LogP contribution in [0.2, 0.25) is 5.02 Å². The molecule has 3 nitrogen and oxygen atoms in total. The van der Waals surface area contributed by atoms with Gasteiger partial charge in [-0.25, -0.2) is 0 Å². The molecule has 0 fully saturated rings. The van der Waals surface area contributed by atoms with Crippen molar-refractivity contribution in [2.24, 2.45) is 0 Å². The van der Waals surface area contributed by atoms with E-state index < -0.39 is 4.92 Å². The predicted octanol–water partition coefficient (Wildman–Crippen LogP) is 2.87. The fourth-order valence-electron chi connectivity index (χ4n) is 0.986. The lowest BCUT2D eigenvalue weighted by molar-refractivity contribution is -0.385. The Morgan fingerprint density at radius 3 is 2.25 bits per heavy atom. The maximum Gasteiger partial charge on any atom is 0.291 e. The van der Waals surface area contributed by atoms with Crippen LogP contribution >= 0.6 is 11.6 Å². The van der Waals surface area contributed by atoms with E-state index in [0.717, 1.165) is 5.56 Å². The largest absolute Gasteiger partial charge is 0.291 e. The normalized spacial score (nSPS) is 9.92. The van der Waals surface area contributed by atoms with Crippen LogP contribution in [0.4, 0.5) is 5.69 Å². The molecule has 12 heavy (non-hydrogen) atoms. The Kier molecular flexibility index (Phi) is 2.33. The maximum absolute atomic E-state index is 10.5. The second-order valence-corrected chi connectivity index (χ2v) is 3.00. The summed E-state index contributed by atoms with van der Waals surface area (Å²) in [5.74, 6) is 0. The minimum atomic E-state index is -0.454. The molecule has 0 bridgehead atoms. The topological polar surface area (TPSA) is 43.1 Å². The van der Waals surface area contributed by atoms with Crippen molar-refractivity contribution in [2.75, 3.05) is 0 Å². The molecule has 0 spiro atoms. The van der Waals surface area contributed by atoms with Crippen LogP contribution in [0.25, 0.3) is 0 Å². The lowest BCUT2D eigenvalue weighted by Crippen LogP contribution is -1.93. The zero-order valence-corrected chi connectivity index (χ0v) is 7.55. The number of nitro groups is 1. The fraction of sp³-hybridized carbons (Fsp3) is 0.250. The molecule has 0 unspecified atom stereocenters. The van der Waals surface area contributed by atoms with Crippen LogP contribution in [-0.4, -0.2) is 4.92 Å². The highest BCUT2D eigenvalue weighted by Crippen LogP contribution is 2.30. The monoisotopic (exact) mass is 185 g/mol. The molecule has 0 aliphatic heterocycles. The van der Waals surface area contributed by atoms with Crippen molar-refractivity contribution >= 4 is 17.3 Å². The SMILES string of the molecule is Cc1ccc(C)c([N+](=O)[O-])c1Cl. The zero-order chi connectivity index (χ0) is 9.30. The highest BCUT2D eigenvalue weighted by molar-refractivity contribution is 6.33. The van der Waals surface area contributed by atoms with E-state index in [1.165, 1.54) is 0 Å². The van der Waals surface area contributed by atoms with Crippen molar-refractivity contribution in [3.05, 3.63) is 38.4 Å². The Bertz CT molecular complexity index is 336. The summed E-state index contributed by atoms with van der Waals surface area (Å²) in [5.41, 5.74) is 1.33. The van der Waals surface area contributed by atoms with Gasteiger partial charge in [0.15, 0.2) is 0 Å². The lowest BCUT2D eigenvalue weighted by atomic mass is 10.1.